The Morgan fingerprint density at radius 1 is 0.964 bits per heavy atom. The first-order valence-electron chi connectivity index (χ1n) is 8.93. The summed E-state index contributed by atoms with van der Waals surface area (Å²) < 4.78 is 1.79. The van der Waals surface area contributed by atoms with Crippen molar-refractivity contribution >= 4 is 23.2 Å². The van der Waals surface area contributed by atoms with Crippen molar-refractivity contribution in [2.45, 2.75) is 6.42 Å². The summed E-state index contributed by atoms with van der Waals surface area (Å²) in [6.45, 7) is 0.386. The molecule has 0 aliphatic carbocycles. The molecular weight excluding hydrogens is 354 g/mol. The Morgan fingerprint density at radius 2 is 1.79 bits per heavy atom. The van der Waals surface area contributed by atoms with Crippen LogP contribution >= 0.6 is 0 Å². The number of Topliss-reactive ketones (excluding diaryl/α,β-unsaturated/α-hetero) is 1. The minimum absolute atomic E-state index is 0.0716. The number of para-hydroxylation sites is 1. The molecule has 136 valence electrons. The number of nitrogens with zero attached hydrogens (tertiary/aromatic N) is 5. The average Bonchev–Trinajstić information content (AvgIpc) is 3.18. The van der Waals surface area contributed by atoms with E-state index in [0.717, 1.165) is 5.56 Å². The first kappa shape index (κ1) is 16.3. The third-order valence-corrected chi connectivity index (χ3v) is 4.88. The van der Waals surface area contributed by atoms with E-state index in [0.29, 0.717) is 41.4 Å². The highest BCUT2D eigenvalue weighted by molar-refractivity contribution is 6.13. The van der Waals surface area contributed by atoms with Crippen molar-refractivity contribution in [1.82, 2.24) is 19.6 Å². The molecule has 0 spiro atoms. The van der Waals surface area contributed by atoms with Crippen LogP contribution in [0, 0.1) is 0 Å². The van der Waals surface area contributed by atoms with Crippen LogP contribution in [0.2, 0.25) is 0 Å². The summed E-state index contributed by atoms with van der Waals surface area (Å²) in [4.78, 5) is 31.0. The maximum atomic E-state index is 13.1. The van der Waals surface area contributed by atoms with Crippen LogP contribution in [0.1, 0.15) is 27.1 Å². The van der Waals surface area contributed by atoms with Crippen molar-refractivity contribution < 1.29 is 9.59 Å². The molecule has 7 nitrogen and oxygen atoms in total. The molecule has 7 heteroatoms. The highest BCUT2D eigenvalue weighted by Crippen LogP contribution is 2.28. The molecule has 0 saturated heterocycles. The highest BCUT2D eigenvalue weighted by Gasteiger charge is 2.27. The first-order chi connectivity index (χ1) is 13.7. The lowest BCUT2D eigenvalue weighted by atomic mass is 9.99. The van der Waals surface area contributed by atoms with Crippen LogP contribution < -0.4 is 4.90 Å². The summed E-state index contributed by atoms with van der Waals surface area (Å²) in [6.07, 6.45) is 3.84. The Balaban J connectivity index is 1.47. The monoisotopic (exact) mass is 369 g/mol. The van der Waals surface area contributed by atoms with Gasteiger partial charge in [0.2, 0.25) is 0 Å². The smallest absolute Gasteiger partial charge is 0.258 e. The zero-order valence-electron chi connectivity index (χ0n) is 14.8. The first-order valence-corrected chi connectivity index (χ1v) is 8.93. The van der Waals surface area contributed by atoms with E-state index in [4.69, 9.17) is 0 Å². The van der Waals surface area contributed by atoms with Crippen LogP contribution in [-0.4, -0.2) is 37.8 Å². The third kappa shape index (κ3) is 2.56. The van der Waals surface area contributed by atoms with Gasteiger partial charge in [-0.15, -0.1) is 10.2 Å². The lowest BCUT2D eigenvalue weighted by molar-refractivity contribution is 0.0955. The van der Waals surface area contributed by atoms with Gasteiger partial charge in [-0.05, 0) is 30.3 Å². The molecule has 0 fully saturated rings. The van der Waals surface area contributed by atoms with E-state index in [1.54, 1.807) is 33.7 Å². The molecule has 28 heavy (non-hydrogen) atoms. The van der Waals surface area contributed by atoms with Crippen LogP contribution in [0.5, 0.6) is 0 Å². The molecule has 1 aliphatic rings. The number of carbonyl (C=O) groups excluding carboxylic acids is 2. The summed E-state index contributed by atoms with van der Waals surface area (Å²) in [5.74, 6) is 1.13. The molecule has 0 radical (unpaired) electrons. The van der Waals surface area contributed by atoms with Gasteiger partial charge in [0.1, 0.15) is 0 Å². The summed E-state index contributed by atoms with van der Waals surface area (Å²) in [6, 6.07) is 16.3. The molecule has 1 aliphatic heterocycles. The molecule has 2 aromatic carbocycles. The van der Waals surface area contributed by atoms with Crippen molar-refractivity contribution in [3.8, 4) is 11.4 Å². The summed E-state index contributed by atoms with van der Waals surface area (Å²) in [5.41, 5.74) is 2.66. The molecular formula is C21H15N5O2. The molecule has 4 aromatic rings. The van der Waals surface area contributed by atoms with Gasteiger partial charge in [-0.2, -0.15) is 0 Å². The minimum atomic E-state index is -0.126. The lowest BCUT2D eigenvalue weighted by Crippen LogP contribution is -2.37. The summed E-state index contributed by atoms with van der Waals surface area (Å²) in [7, 11) is 0. The molecule has 2 aromatic heterocycles. The minimum Gasteiger partial charge on any atom is -0.307 e. The number of aromatic nitrogens is 4. The zero-order valence-corrected chi connectivity index (χ0v) is 14.8. The largest absolute Gasteiger partial charge is 0.307 e. The van der Waals surface area contributed by atoms with Crippen molar-refractivity contribution in [3.63, 3.8) is 0 Å². The average molecular weight is 369 g/mol. The number of benzene rings is 2. The van der Waals surface area contributed by atoms with Gasteiger partial charge in [-0.1, -0.05) is 24.3 Å². The predicted octanol–water partition coefficient (Wildman–Crippen LogP) is 3.02. The number of hydrogen-bond donors (Lipinski definition) is 0. The second-order valence-corrected chi connectivity index (χ2v) is 6.54. The fraction of sp³-hybridized carbons (Fsp3) is 0.0952. The van der Waals surface area contributed by atoms with Crippen LogP contribution in [0.4, 0.5) is 5.69 Å². The topological polar surface area (TPSA) is 80.5 Å². The van der Waals surface area contributed by atoms with E-state index in [1.807, 2.05) is 42.6 Å². The van der Waals surface area contributed by atoms with Crippen LogP contribution in [0.15, 0.2) is 67.0 Å². The lowest BCUT2D eigenvalue weighted by Gasteiger charge is -2.28. The van der Waals surface area contributed by atoms with Crippen LogP contribution in [-0.2, 0) is 0 Å². The number of anilines is 1. The van der Waals surface area contributed by atoms with E-state index < -0.39 is 0 Å². The second-order valence-electron chi connectivity index (χ2n) is 6.54. The van der Waals surface area contributed by atoms with Gasteiger partial charge in [0.25, 0.3) is 11.7 Å². The van der Waals surface area contributed by atoms with E-state index in [-0.39, 0.29) is 11.7 Å². The summed E-state index contributed by atoms with van der Waals surface area (Å²) >= 11 is 0. The van der Waals surface area contributed by atoms with E-state index in [2.05, 4.69) is 15.2 Å². The number of rotatable bonds is 2. The molecule has 0 atom stereocenters. The zero-order chi connectivity index (χ0) is 19.1. The van der Waals surface area contributed by atoms with Gasteiger partial charge in [0, 0.05) is 42.0 Å². The van der Waals surface area contributed by atoms with Gasteiger partial charge in [0.15, 0.2) is 11.6 Å². The Labute approximate surface area is 160 Å². The molecule has 1 amide bonds. The fourth-order valence-electron chi connectivity index (χ4n) is 3.48. The van der Waals surface area contributed by atoms with Crippen molar-refractivity contribution in [2.24, 2.45) is 0 Å². The fourth-order valence-corrected chi connectivity index (χ4v) is 3.48. The van der Waals surface area contributed by atoms with Gasteiger partial charge in [-0.3, -0.25) is 14.0 Å². The number of fused-ring (bicyclic) bond motifs is 2. The molecule has 0 N–H and O–H groups in total. The highest BCUT2D eigenvalue weighted by atomic mass is 16.2. The standard InChI is InChI=1S/C21H15N5O2/c27-18-10-13-25(17-5-2-1-4-16(17)18)20(28)15-8-6-14(7-9-15)19-23-24-21-22-11-3-12-26(19)21/h1-9,11-12H,10,13H2. The number of amides is 1. The summed E-state index contributed by atoms with van der Waals surface area (Å²) in [5, 5.41) is 8.24. The van der Waals surface area contributed by atoms with Gasteiger partial charge >= 0.3 is 0 Å². The number of carbonyl (C=O) groups is 2. The SMILES string of the molecule is O=C1CCN(C(=O)c2ccc(-c3nnc4ncccn34)cc2)c2ccccc21. The van der Waals surface area contributed by atoms with Crippen LogP contribution in [0.25, 0.3) is 17.2 Å². The molecule has 0 saturated carbocycles. The van der Waals surface area contributed by atoms with E-state index in [9.17, 15) is 9.59 Å². The second kappa shape index (κ2) is 6.38. The maximum absolute atomic E-state index is 13.1. The quantitative estimate of drug-likeness (QED) is 0.543. The normalized spacial score (nSPS) is 13.6. The van der Waals surface area contributed by atoms with Crippen LogP contribution in [0.3, 0.4) is 0 Å². The Kier molecular flexibility index (Phi) is 3.72. The Bertz CT molecular complexity index is 1210. The maximum Gasteiger partial charge on any atom is 0.258 e. The predicted molar refractivity (Wildman–Crippen MR) is 103 cm³/mol. The number of hydrogen-bond acceptors (Lipinski definition) is 5. The Morgan fingerprint density at radius 3 is 2.64 bits per heavy atom. The van der Waals surface area contributed by atoms with Crippen molar-refractivity contribution in [3.05, 3.63) is 78.1 Å². The van der Waals surface area contributed by atoms with E-state index >= 15 is 0 Å². The van der Waals surface area contributed by atoms with Crippen molar-refractivity contribution in [2.75, 3.05) is 11.4 Å². The number of ketones is 1. The van der Waals surface area contributed by atoms with Gasteiger partial charge in [-0.25, -0.2) is 4.98 Å². The van der Waals surface area contributed by atoms with Gasteiger partial charge < -0.3 is 4.90 Å². The van der Waals surface area contributed by atoms with Crippen molar-refractivity contribution in [1.29, 1.82) is 0 Å². The Hall–Kier alpha value is -3.87. The molecule has 3 heterocycles. The van der Waals surface area contributed by atoms with Gasteiger partial charge in [0.05, 0.1) is 5.69 Å². The third-order valence-electron chi connectivity index (χ3n) is 4.88. The van der Waals surface area contributed by atoms with E-state index in [1.165, 1.54) is 0 Å². The molecule has 5 rings (SSSR count). The molecule has 0 unspecified atom stereocenters. The molecule has 0 bridgehead atoms.